The Hall–Kier alpha value is -1.50. The average molecular weight is 363 g/mol. The lowest BCUT2D eigenvalue weighted by atomic mass is 10.3. The van der Waals surface area contributed by atoms with E-state index in [1.54, 1.807) is 28.2 Å². The molecule has 0 aliphatic carbocycles. The van der Waals surface area contributed by atoms with Gasteiger partial charge >= 0.3 is 0 Å². The predicted octanol–water partition coefficient (Wildman–Crippen LogP) is 4.50. The van der Waals surface area contributed by atoms with Crippen molar-refractivity contribution >= 4 is 35.1 Å². The second-order valence-electron chi connectivity index (χ2n) is 4.69. The molecule has 118 valence electrons. The molecule has 2 aromatic carbocycles. The van der Waals surface area contributed by atoms with E-state index in [1.807, 2.05) is 48.5 Å². The Kier molecular flexibility index (Phi) is 5.96. The van der Waals surface area contributed by atoms with Gasteiger partial charge in [0.1, 0.15) is 0 Å². The van der Waals surface area contributed by atoms with Gasteiger partial charge in [0.15, 0.2) is 0 Å². The fourth-order valence-corrected chi connectivity index (χ4v) is 4.38. The Morgan fingerprint density at radius 1 is 1.00 bits per heavy atom. The van der Waals surface area contributed by atoms with E-state index in [1.165, 1.54) is 4.90 Å². The first kappa shape index (κ1) is 16.4. The number of thioether (sulfide) groups is 2. The fourth-order valence-electron chi connectivity index (χ4n) is 1.95. The summed E-state index contributed by atoms with van der Waals surface area (Å²) in [5.41, 5.74) is 0.959. The van der Waals surface area contributed by atoms with Crippen molar-refractivity contribution in [1.82, 2.24) is 20.2 Å². The van der Waals surface area contributed by atoms with Gasteiger partial charge in [0.2, 0.25) is 5.16 Å². The molecule has 0 bridgehead atoms. The molecule has 3 rings (SSSR count). The summed E-state index contributed by atoms with van der Waals surface area (Å²) in [5.74, 6) is 0.862. The topological polar surface area (TPSA) is 43.6 Å². The highest BCUT2D eigenvalue weighted by Gasteiger charge is 2.11. The maximum Gasteiger partial charge on any atom is 0.214 e. The summed E-state index contributed by atoms with van der Waals surface area (Å²) in [6.07, 6.45) is 0.868. The Morgan fingerprint density at radius 2 is 1.70 bits per heavy atom. The zero-order chi connectivity index (χ0) is 15.9. The zero-order valence-corrected chi connectivity index (χ0v) is 14.6. The Labute approximate surface area is 148 Å². The van der Waals surface area contributed by atoms with Crippen molar-refractivity contribution in [3.8, 4) is 5.69 Å². The number of rotatable bonds is 7. The molecular weight excluding hydrogens is 348 g/mol. The molecule has 7 heteroatoms. The lowest BCUT2D eigenvalue weighted by molar-refractivity contribution is 0.756. The van der Waals surface area contributed by atoms with E-state index >= 15 is 0 Å². The highest BCUT2D eigenvalue weighted by molar-refractivity contribution is 8.01. The lowest BCUT2D eigenvalue weighted by Crippen LogP contribution is -2.00. The molecule has 0 fully saturated rings. The summed E-state index contributed by atoms with van der Waals surface area (Å²) in [7, 11) is 0. The first-order chi connectivity index (χ1) is 11.3. The van der Waals surface area contributed by atoms with E-state index in [9.17, 15) is 0 Å². The van der Waals surface area contributed by atoms with Crippen molar-refractivity contribution in [3.05, 3.63) is 60.7 Å². The minimum atomic E-state index is 0.0333. The van der Waals surface area contributed by atoms with Crippen LogP contribution in [0.2, 0.25) is 0 Å². The van der Waals surface area contributed by atoms with Crippen LogP contribution in [0.15, 0.2) is 70.7 Å². The van der Waals surface area contributed by atoms with Crippen molar-refractivity contribution in [2.75, 3.05) is 5.75 Å². The van der Waals surface area contributed by atoms with Crippen LogP contribution in [0.1, 0.15) is 6.42 Å². The monoisotopic (exact) mass is 362 g/mol. The normalized spacial score (nSPS) is 12.2. The van der Waals surface area contributed by atoms with Crippen molar-refractivity contribution in [1.29, 1.82) is 0 Å². The van der Waals surface area contributed by atoms with Crippen molar-refractivity contribution in [3.63, 3.8) is 0 Å². The number of hydrogen-bond donors (Lipinski definition) is 0. The van der Waals surface area contributed by atoms with Crippen LogP contribution in [-0.4, -0.2) is 30.7 Å². The Balaban J connectivity index is 1.53. The molecule has 0 saturated heterocycles. The summed E-state index contributed by atoms with van der Waals surface area (Å²) >= 11 is 9.69. The SMILES string of the molecule is ClC(CCSc1nnnn1-c1ccccc1)Sc1ccccc1. The van der Waals surface area contributed by atoms with Crippen molar-refractivity contribution in [2.45, 2.75) is 21.2 Å². The molecule has 1 heterocycles. The van der Waals surface area contributed by atoms with E-state index in [-0.39, 0.29) is 4.71 Å². The summed E-state index contributed by atoms with van der Waals surface area (Å²) in [6, 6.07) is 20.1. The third-order valence-corrected chi connectivity index (χ3v) is 5.50. The number of tetrazole rings is 1. The van der Waals surface area contributed by atoms with Gasteiger partial charge in [0.25, 0.3) is 0 Å². The van der Waals surface area contributed by atoms with Crippen LogP contribution in [0.4, 0.5) is 0 Å². The van der Waals surface area contributed by atoms with Crippen molar-refractivity contribution < 1.29 is 0 Å². The molecule has 0 aliphatic heterocycles. The van der Waals surface area contributed by atoms with E-state index in [2.05, 4.69) is 27.7 Å². The fraction of sp³-hybridized carbons (Fsp3) is 0.188. The summed E-state index contributed by atoms with van der Waals surface area (Å²) < 4.78 is 1.78. The standard InChI is InChI=1S/C16H15ClN4S2/c17-15(23-14-9-5-2-6-10-14)11-12-22-16-18-19-20-21(16)13-7-3-1-4-8-13/h1-10,15H,11-12H2. The highest BCUT2D eigenvalue weighted by atomic mass is 35.5. The zero-order valence-electron chi connectivity index (χ0n) is 12.2. The van der Waals surface area contributed by atoms with Crippen molar-refractivity contribution in [2.24, 2.45) is 0 Å². The van der Waals surface area contributed by atoms with Gasteiger partial charge in [0, 0.05) is 10.6 Å². The van der Waals surface area contributed by atoms with Gasteiger partial charge in [-0.05, 0) is 41.1 Å². The van der Waals surface area contributed by atoms with E-state index in [0.29, 0.717) is 0 Å². The molecule has 23 heavy (non-hydrogen) atoms. The lowest BCUT2D eigenvalue weighted by Gasteiger charge is -2.09. The number of benzene rings is 2. The van der Waals surface area contributed by atoms with Gasteiger partial charge in [-0.2, -0.15) is 4.68 Å². The van der Waals surface area contributed by atoms with Gasteiger partial charge < -0.3 is 0 Å². The largest absolute Gasteiger partial charge is 0.214 e. The van der Waals surface area contributed by atoms with Gasteiger partial charge in [-0.3, -0.25) is 0 Å². The molecule has 0 aliphatic rings. The van der Waals surface area contributed by atoms with Crippen LogP contribution >= 0.6 is 35.1 Å². The summed E-state index contributed by atoms with van der Waals surface area (Å²) in [5, 5.41) is 12.7. The number of nitrogens with zero attached hydrogens (tertiary/aromatic N) is 4. The number of hydrogen-bond acceptors (Lipinski definition) is 5. The molecule has 0 saturated carbocycles. The molecule has 0 N–H and O–H groups in total. The quantitative estimate of drug-likeness (QED) is 0.457. The summed E-state index contributed by atoms with van der Waals surface area (Å²) in [6.45, 7) is 0. The second kappa shape index (κ2) is 8.38. The van der Waals surface area contributed by atoms with Gasteiger partial charge in [-0.1, -0.05) is 48.2 Å². The predicted molar refractivity (Wildman–Crippen MR) is 96.4 cm³/mol. The molecule has 1 aromatic heterocycles. The Morgan fingerprint density at radius 3 is 2.43 bits per heavy atom. The van der Waals surface area contributed by atoms with Crippen LogP contribution in [0.25, 0.3) is 5.69 Å². The minimum absolute atomic E-state index is 0.0333. The number of alkyl halides is 1. The molecule has 1 unspecified atom stereocenters. The molecule has 1 atom stereocenters. The van der Waals surface area contributed by atoms with Gasteiger partial charge in [-0.25, -0.2) is 0 Å². The smallest absolute Gasteiger partial charge is 0.188 e. The maximum absolute atomic E-state index is 6.40. The van der Waals surface area contributed by atoms with Crippen LogP contribution in [0, 0.1) is 0 Å². The maximum atomic E-state index is 6.40. The van der Waals surface area contributed by atoms with Gasteiger partial charge in [0.05, 0.1) is 10.4 Å². The summed E-state index contributed by atoms with van der Waals surface area (Å²) in [4.78, 5) is 1.19. The van der Waals surface area contributed by atoms with Crippen LogP contribution < -0.4 is 0 Å². The molecule has 4 nitrogen and oxygen atoms in total. The van der Waals surface area contributed by atoms with Gasteiger partial charge in [-0.15, -0.1) is 28.5 Å². The van der Waals surface area contributed by atoms with Crippen LogP contribution in [0.5, 0.6) is 0 Å². The van der Waals surface area contributed by atoms with E-state index in [4.69, 9.17) is 11.6 Å². The first-order valence-corrected chi connectivity index (χ1v) is 9.45. The number of para-hydroxylation sites is 1. The number of halogens is 1. The highest BCUT2D eigenvalue weighted by Crippen LogP contribution is 2.30. The van der Waals surface area contributed by atoms with E-state index in [0.717, 1.165) is 23.0 Å². The molecule has 0 radical (unpaired) electrons. The third-order valence-electron chi connectivity index (χ3n) is 3.02. The molecular formula is C16H15ClN4S2. The minimum Gasteiger partial charge on any atom is -0.188 e. The third kappa shape index (κ3) is 4.73. The first-order valence-electron chi connectivity index (χ1n) is 7.15. The molecule has 0 amide bonds. The molecule has 3 aromatic rings. The molecule has 0 spiro atoms. The number of aromatic nitrogens is 4. The Bertz CT molecular complexity index is 721. The van der Waals surface area contributed by atoms with E-state index < -0.39 is 0 Å². The van der Waals surface area contributed by atoms with Crippen LogP contribution in [0.3, 0.4) is 0 Å². The van der Waals surface area contributed by atoms with Crippen LogP contribution in [-0.2, 0) is 0 Å². The second-order valence-corrected chi connectivity index (χ2v) is 7.81. The average Bonchev–Trinajstić information content (AvgIpc) is 3.05.